The van der Waals surface area contributed by atoms with Crippen LogP contribution in [0.5, 0.6) is 5.75 Å². The molecule has 0 unspecified atom stereocenters. The van der Waals surface area contributed by atoms with Crippen LogP contribution in [0.3, 0.4) is 0 Å². The second-order valence-electron chi connectivity index (χ2n) is 10.2. The fourth-order valence-corrected chi connectivity index (χ4v) is 6.63. The number of amides is 3. The number of aliphatic hydroxyl groups excluding tert-OH is 1. The third-order valence-corrected chi connectivity index (χ3v) is 8.49. The lowest BCUT2D eigenvalue weighted by molar-refractivity contribution is -0.137. The Balaban J connectivity index is 1.48. The number of methoxy groups -OCH3 is 1. The number of allylic oxidation sites excluding steroid dienone is 1. The van der Waals surface area contributed by atoms with Gasteiger partial charge in [0.25, 0.3) is 0 Å². The molecule has 9 nitrogen and oxygen atoms in total. The van der Waals surface area contributed by atoms with Crippen LogP contribution >= 0.6 is 15.9 Å². The number of nitrogens with zero attached hydrogens (tertiary/aromatic N) is 1. The van der Waals surface area contributed by atoms with E-state index in [0.29, 0.717) is 34.5 Å². The number of likely N-dealkylation sites (tertiary alicyclic amines) is 1. The summed E-state index contributed by atoms with van der Waals surface area (Å²) in [7, 11) is -0.0843. The number of carbonyl (C=O) groups excluding carboxylic acids is 3. The number of benzene rings is 2. The normalized spacial score (nSPS) is 24.8. The van der Waals surface area contributed by atoms with E-state index in [1.54, 1.807) is 12.1 Å². The maximum absolute atomic E-state index is 13.3. The number of imide groups is 3. The summed E-state index contributed by atoms with van der Waals surface area (Å²) >= 11 is 3.45. The Hall–Kier alpha value is -3.25. The van der Waals surface area contributed by atoms with E-state index >= 15 is 0 Å². The van der Waals surface area contributed by atoms with Crippen molar-refractivity contribution in [2.45, 2.75) is 31.7 Å². The van der Waals surface area contributed by atoms with E-state index in [2.05, 4.69) is 20.7 Å². The van der Waals surface area contributed by atoms with Gasteiger partial charge in [0.05, 0.1) is 31.7 Å². The first-order chi connectivity index (χ1) is 19.2. The lowest BCUT2D eigenvalue weighted by Gasteiger charge is -2.42. The topological polar surface area (TPSA) is 134 Å². The number of hydrogen-bond acceptors (Lipinski definition) is 8. The second kappa shape index (κ2) is 11.7. The number of phenolic OH excluding ortho intramolecular Hbond substituents is 1. The molecule has 0 spiro atoms. The highest BCUT2D eigenvalue weighted by Crippen LogP contribution is 2.50. The number of rotatable bonds is 6. The first-order valence-electron chi connectivity index (χ1n) is 13.1. The van der Waals surface area contributed by atoms with Gasteiger partial charge in [-0.3, -0.25) is 9.59 Å². The molecule has 2 heterocycles. The molecule has 2 fully saturated rings. The van der Waals surface area contributed by atoms with E-state index in [0.717, 1.165) is 22.7 Å². The average Bonchev–Trinajstić information content (AvgIpc) is 3.21. The second-order valence-corrected chi connectivity index (χ2v) is 11.1. The van der Waals surface area contributed by atoms with Crippen LogP contribution in [0.25, 0.3) is 11.6 Å². The molecule has 5 rings (SSSR count). The van der Waals surface area contributed by atoms with E-state index in [1.807, 2.05) is 42.5 Å². The molecule has 2 aromatic rings. The standard InChI is InChI=1S/C29H29BBrNO8/c1-39-29(37)32-27(35)21-13-19(15-33)25-22(26(21)28(32)36)14-30(38)40-24(25)10-7-17(16-5-3-2-4-6-16)11-18-12-20(31)8-9-23(18)34/h2-6,8-9,11-12,21-22,24,26,33-34,38H,7,10,13-15H2,1H3/b17-11-/t21-,22+,24-,26-/m1/s1. The van der Waals surface area contributed by atoms with Crippen LogP contribution in [0.1, 0.15) is 30.4 Å². The quantitative estimate of drug-likeness (QED) is 0.193. The number of carbonyl (C=O) groups is 3. The molecule has 0 aromatic heterocycles. The zero-order chi connectivity index (χ0) is 28.6. The molecule has 3 aliphatic rings. The minimum absolute atomic E-state index is 0.0673. The van der Waals surface area contributed by atoms with Gasteiger partial charge in [0.1, 0.15) is 5.75 Å². The number of ether oxygens (including phenoxy) is 1. The molecule has 1 aliphatic carbocycles. The highest BCUT2D eigenvalue weighted by molar-refractivity contribution is 9.10. The van der Waals surface area contributed by atoms with Gasteiger partial charge in [-0.2, -0.15) is 4.90 Å². The molecule has 0 radical (unpaired) electrons. The molecule has 11 heteroatoms. The summed E-state index contributed by atoms with van der Waals surface area (Å²) in [5.41, 5.74) is 3.79. The molecule has 2 saturated heterocycles. The van der Waals surface area contributed by atoms with Crippen LogP contribution in [0.4, 0.5) is 4.79 Å². The highest BCUT2D eigenvalue weighted by atomic mass is 79.9. The molecular weight excluding hydrogens is 581 g/mol. The Bertz CT molecular complexity index is 1390. The maximum Gasteiger partial charge on any atom is 0.455 e. The highest BCUT2D eigenvalue weighted by Gasteiger charge is 2.59. The van der Waals surface area contributed by atoms with Crippen molar-refractivity contribution in [2.24, 2.45) is 17.8 Å². The van der Waals surface area contributed by atoms with Crippen LogP contribution in [-0.4, -0.2) is 65.0 Å². The monoisotopic (exact) mass is 609 g/mol. The summed E-state index contributed by atoms with van der Waals surface area (Å²) in [5, 5.41) is 31.4. The third kappa shape index (κ3) is 5.26. The SMILES string of the molecule is COC(=O)N1C(=O)[C@@H]2[C@@H](CC(CO)=C3[C@@H](CC/C(=C/c4cc(Br)ccc4O)c4ccccc4)OB(O)C[C@@H]32)C1=O. The minimum atomic E-state index is -1.19. The van der Waals surface area contributed by atoms with E-state index < -0.39 is 48.9 Å². The van der Waals surface area contributed by atoms with Crippen molar-refractivity contribution in [2.75, 3.05) is 13.7 Å². The number of fused-ring (bicyclic) bond motifs is 3. The fraction of sp³-hybridized carbons (Fsp3) is 0.345. The van der Waals surface area contributed by atoms with Crippen LogP contribution in [-0.2, 0) is 19.0 Å². The van der Waals surface area contributed by atoms with Crippen LogP contribution in [0, 0.1) is 17.8 Å². The molecule has 208 valence electrons. The van der Waals surface area contributed by atoms with Crippen LogP contribution in [0.2, 0.25) is 6.32 Å². The van der Waals surface area contributed by atoms with Crippen molar-refractivity contribution >= 4 is 52.6 Å². The summed E-state index contributed by atoms with van der Waals surface area (Å²) in [6, 6.07) is 14.9. The molecular formula is C29H29BBrNO8. The number of aliphatic hydroxyl groups is 1. The van der Waals surface area contributed by atoms with Gasteiger partial charge in [-0.05, 0) is 78.1 Å². The van der Waals surface area contributed by atoms with E-state index in [4.69, 9.17) is 4.65 Å². The summed E-state index contributed by atoms with van der Waals surface area (Å²) in [6.45, 7) is -0.335. The fourth-order valence-electron chi connectivity index (χ4n) is 6.25. The average molecular weight is 610 g/mol. The Morgan fingerprint density at radius 1 is 1.18 bits per heavy atom. The van der Waals surface area contributed by atoms with Crippen molar-refractivity contribution in [1.29, 1.82) is 0 Å². The van der Waals surface area contributed by atoms with Crippen LogP contribution < -0.4 is 0 Å². The number of phenols is 1. The van der Waals surface area contributed by atoms with E-state index in [9.17, 15) is 29.6 Å². The van der Waals surface area contributed by atoms with Gasteiger partial charge < -0.3 is 24.6 Å². The number of halogens is 1. The lowest BCUT2D eigenvalue weighted by Crippen LogP contribution is -2.46. The minimum Gasteiger partial charge on any atom is -0.507 e. The van der Waals surface area contributed by atoms with Crippen molar-refractivity contribution in [1.82, 2.24) is 4.90 Å². The van der Waals surface area contributed by atoms with Gasteiger partial charge in [0, 0.05) is 10.0 Å². The predicted octanol–water partition coefficient (Wildman–Crippen LogP) is 4.03. The molecule has 0 bridgehead atoms. The van der Waals surface area contributed by atoms with Crippen LogP contribution in [0.15, 0.2) is 64.1 Å². The van der Waals surface area contributed by atoms with Crippen molar-refractivity contribution < 1.29 is 39.0 Å². The van der Waals surface area contributed by atoms with Gasteiger partial charge in [0.15, 0.2) is 0 Å². The summed E-state index contributed by atoms with van der Waals surface area (Å²) in [6.07, 6.45) is 1.31. The maximum atomic E-state index is 13.3. The Kier molecular flexibility index (Phi) is 8.28. The first-order valence-corrected chi connectivity index (χ1v) is 13.9. The Labute approximate surface area is 240 Å². The zero-order valence-electron chi connectivity index (χ0n) is 21.8. The zero-order valence-corrected chi connectivity index (χ0v) is 23.4. The van der Waals surface area contributed by atoms with E-state index in [-0.39, 0.29) is 25.1 Å². The molecule has 3 N–H and O–H groups in total. The van der Waals surface area contributed by atoms with Gasteiger partial charge in [-0.1, -0.05) is 46.3 Å². The third-order valence-electron chi connectivity index (χ3n) is 8.00. The summed E-state index contributed by atoms with van der Waals surface area (Å²) < 4.78 is 11.5. The van der Waals surface area contributed by atoms with E-state index in [1.165, 1.54) is 0 Å². The first kappa shape index (κ1) is 28.3. The number of aromatic hydroxyl groups is 1. The molecule has 2 aliphatic heterocycles. The molecule has 3 amide bonds. The number of hydrogen-bond donors (Lipinski definition) is 3. The van der Waals surface area contributed by atoms with Gasteiger partial charge in [0.2, 0.25) is 11.8 Å². The Morgan fingerprint density at radius 2 is 1.93 bits per heavy atom. The smallest absolute Gasteiger partial charge is 0.455 e. The molecule has 0 saturated carbocycles. The molecule has 40 heavy (non-hydrogen) atoms. The Morgan fingerprint density at radius 3 is 2.62 bits per heavy atom. The van der Waals surface area contributed by atoms with Gasteiger partial charge in [-0.15, -0.1) is 0 Å². The van der Waals surface area contributed by atoms with Crippen molar-refractivity contribution in [3.8, 4) is 5.75 Å². The molecule has 2 aromatic carbocycles. The molecule has 4 atom stereocenters. The van der Waals surface area contributed by atoms with Gasteiger partial charge >= 0.3 is 13.2 Å². The summed E-state index contributed by atoms with van der Waals surface area (Å²) in [5.74, 6) is -3.40. The van der Waals surface area contributed by atoms with Crippen molar-refractivity contribution in [3.63, 3.8) is 0 Å². The van der Waals surface area contributed by atoms with Crippen molar-refractivity contribution in [3.05, 3.63) is 75.3 Å². The lowest BCUT2D eigenvalue weighted by atomic mass is 9.58. The predicted molar refractivity (Wildman–Crippen MR) is 150 cm³/mol. The summed E-state index contributed by atoms with van der Waals surface area (Å²) in [4.78, 5) is 39.1. The van der Waals surface area contributed by atoms with Gasteiger partial charge in [-0.25, -0.2) is 4.79 Å². The largest absolute Gasteiger partial charge is 0.507 e.